The van der Waals surface area contributed by atoms with Gasteiger partial charge in [0.25, 0.3) is 5.56 Å². The van der Waals surface area contributed by atoms with Crippen LogP contribution in [0.3, 0.4) is 0 Å². The molecule has 1 amide bonds. The zero-order valence-electron chi connectivity index (χ0n) is 25.4. The third kappa shape index (κ3) is 7.86. The van der Waals surface area contributed by atoms with Crippen LogP contribution < -0.4 is 15.6 Å². The Labute approximate surface area is 247 Å². The summed E-state index contributed by atoms with van der Waals surface area (Å²) in [6.07, 6.45) is 2.75. The van der Waals surface area contributed by atoms with Crippen LogP contribution in [-0.2, 0) is 18.3 Å². The van der Waals surface area contributed by atoms with Crippen LogP contribution in [0.1, 0.15) is 69.9 Å². The topological polar surface area (TPSA) is 98.5 Å². The molecule has 2 heterocycles. The van der Waals surface area contributed by atoms with Gasteiger partial charge in [-0.05, 0) is 64.9 Å². The van der Waals surface area contributed by atoms with Crippen molar-refractivity contribution < 1.29 is 14.3 Å². The number of nitrogens with zero attached hydrogens (tertiary/aromatic N) is 4. The summed E-state index contributed by atoms with van der Waals surface area (Å²) in [7, 11) is 5.82. The van der Waals surface area contributed by atoms with E-state index in [2.05, 4.69) is 29.0 Å². The lowest BCUT2D eigenvalue weighted by Crippen LogP contribution is -2.41. The van der Waals surface area contributed by atoms with Gasteiger partial charge in [0.05, 0.1) is 28.6 Å². The van der Waals surface area contributed by atoms with Crippen molar-refractivity contribution in [2.45, 2.75) is 65.8 Å². The molecule has 0 saturated heterocycles. The van der Waals surface area contributed by atoms with Gasteiger partial charge in [-0.3, -0.25) is 19.1 Å². The number of carbonyl (C=O) groups excluding carboxylic acids is 2. The van der Waals surface area contributed by atoms with Gasteiger partial charge in [-0.25, -0.2) is 9.67 Å². The number of carbonyl (C=O) groups is 2. The zero-order chi connectivity index (χ0) is 30.5. The van der Waals surface area contributed by atoms with E-state index in [9.17, 15) is 14.4 Å². The summed E-state index contributed by atoms with van der Waals surface area (Å²) >= 11 is 6.08. The van der Waals surface area contributed by atoms with E-state index in [-0.39, 0.29) is 47.2 Å². The number of likely N-dealkylation sites (N-methyl/N-ethyl adjacent to an activating group) is 1. The largest absolute Gasteiger partial charge is 0.477 e. The number of ketones is 1. The number of hydrogen-bond acceptors (Lipinski definition) is 6. The summed E-state index contributed by atoms with van der Waals surface area (Å²) < 4.78 is 8.90. The van der Waals surface area contributed by atoms with Crippen molar-refractivity contribution in [2.24, 2.45) is 12.5 Å². The minimum absolute atomic E-state index is 0.128. The monoisotopic (exact) mass is 583 g/mol. The molecule has 1 N–H and O–H groups in total. The molecule has 0 spiro atoms. The van der Waals surface area contributed by atoms with E-state index in [0.717, 1.165) is 5.69 Å². The van der Waals surface area contributed by atoms with E-state index < -0.39 is 5.41 Å². The first-order valence-electron chi connectivity index (χ1n) is 13.8. The number of Topliss-reactive ketones (excluding diaryl/α,β-unsaturated/α-hetero) is 1. The van der Waals surface area contributed by atoms with Gasteiger partial charge in [-0.2, -0.15) is 0 Å². The Hall–Kier alpha value is -3.43. The highest BCUT2D eigenvalue weighted by Gasteiger charge is 2.30. The molecule has 3 rings (SSSR count). The SMILES string of the molecule is CCOc1ncc(Cl)cc1C(=O)CCC(C)(C)CC(=O)Nc1c(CC(C)(C)N(C)C)n(C)n(-c2ccccc2)c1=O. The molecule has 0 saturated carbocycles. The van der Waals surface area contributed by atoms with E-state index in [1.54, 1.807) is 10.7 Å². The molecule has 0 fully saturated rings. The van der Waals surface area contributed by atoms with Gasteiger partial charge >= 0.3 is 0 Å². The average Bonchev–Trinajstić information content (AvgIpc) is 3.12. The number of aromatic nitrogens is 3. The van der Waals surface area contributed by atoms with Gasteiger partial charge in [0.2, 0.25) is 11.8 Å². The summed E-state index contributed by atoms with van der Waals surface area (Å²) in [5, 5.41) is 3.29. The van der Waals surface area contributed by atoms with Crippen LogP contribution in [0.25, 0.3) is 5.69 Å². The van der Waals surface area contributed by atoms with Crippen LogP contribution in [-0.4, -0.2) is 57.2 Å². The first-order chi connectivity index (χ1) is 19.2. The maximum absolute atomic E-state index is 13.7. The predicted octanol–water partition coefficient (Wildman–Crippen LogP) is 5.52. The second-order valence-electron chi connectivity index (χ2n) is 11.9. The first-order valence-corrected chi connectivity index (χ1v) is 14.2. The molecule has 1 aromatic carbocycles. The Morgan fingerprint density at radius 1 is 1.12 bits per heavy atom. The van der Waals surface area contributed by atoms with Crippen LogP contribution >= 0.6 is 11.6 Å². The number of nitrogens with one attached hydrogen (secondary N) is 1. The van der Waals surface area contributed by atoms with E-state index in [1.807, 2.05) is 76.9 Å². The number of rotatable bonds is 13. The maximum Gasteiger partial charge on any atom is 0.295 e. The minimum Gasteiger partial charge on any atom is -0.477 e. The maximum atomic E-state index is 13.7. The van der Waals surface area contributed by atoms with Crippen LogP contribution in [0.15, 0.2) is 47.4 Å². The van der Waals surface area contributed by atoms with Crippen molar-refractivity contribution in [3.05, 3.63) is 69.2 Å². The van der Waals surface area contributed by atoms with Crippen LogP contribution in [0.2, 0.25) is 5.02 Å². The highest BCUT2D eigenvalue weighted by molar-refractivity contribution is 6.30. The molecule has 222 valence electrons. The van der Waals surface area contributed by atoms with Crippen LogP contribution in [0, 0.1) is 5.41 Å². The lowest BCUT2D eigenvalue weighted by Gasteiger charge is -2.33. The number of anilines is 1. The van der Waals surface area contributed by atoms with Gasteiger partial charge in [0.15, 0.2) is 5.78 Å². The molecular weight excluding hydrogens is 542 g/mol. The smallest absolute Gasteiger partial charge is 0.295 e. The van der Waals surface area contributed by atoms with E-state index in [1.165, 1.54) is 6.20 Å². The van der Waals surface area contributed by atoms with Crippen LogP contribution in [0.4, 0.5) is 5.69 Å². The second-order valence-corrected chi connectivity index (χ2v) is 12.4. The van der Waals surface area contributed by atoms with Crippen molar-refractivity contribution in [1.29, 1.82) is 0 Å². The first kappa shape index (κ1) is 32.1. The summed E-state index contributed by atoms with van der Waals surface area (Å²) in [6, 6.07) is 10.9. The zero-order valence-corrected chi connectivity index (χ0v) is 26.1. The third-order valence-corrected chi connectivity index (χ3v) is 7.74. The Morgan fingerprint density at radius 2 is 1.78 bits per heavy atom. The number of benzene rings is 1. The molecule has 3 aromatic rings. The highest BCUT2D eigenvalue weighted by Crippen LogP contribution is 2.31. The molecule has 0 aliphatic heterocycles. The fraction of sp³-hybridized carbons (Fsp3) is 0.484. The van der Waals surface area contributed by atoms with E-state index in [0.29, 0.717) is 35.7 Å². The number of pyridine rings is 1. The lowest BCUT2D eigenvalue weighted by molar-refractivity contribution is -0.118. The van der Waals surface area contributed by atoms with Gasteiger partial charge in [0, 0.05) is 38.0 Å². The quantitative estimate of drug-likeness (QED) is 0.266. The molecule has 0 aliphatic carbocycles. The fourth-order valence-corrected chi connectivity index (χ4v) is 4.73. The summed E-state index contributed by atoms with van der Waals surface area (Å²) in [4.78, 5) is 46.3. The Balaban J connectivity index is 1.82. The number of halogens is 1. The molecule has 2 aromatic heterocycles. The lowest BCUT2D eigenvalue weighted by atomic mass is 9.83. The van der Waals surface area contributed by atoms with Crippen LogP contribution in [0.5, 0.6) is 5.88 Å². The predicted molar refractivity (Wildman–Crippen MR) is 163 cm³/mol. The molecular formula is C31H42ClN5O4. The summed E-state index contributed by atoms with van der Waals surface area (Å²) in [5.74, 6) is -0.183. The number of ether oxygens (including phenoxy) is 1. The van der Waals surface area contributed by atoms with Gasteiger partial charge in [0.1, 0.15) is 5.69 Å². The minimum atomic E-state index is -0.520. The van der Waals surface area contributed by atoms with Crippen molar-refractivity contribution >= 4 is 29.0 Å². The molecule has 0 atom stereocenters. The van der Waals surface area contributed by atoms with Crippen molar-refractivity contribution in [2.75, 3.05) is 26.0 Å². The Kier molecular flexibility index (Phi) is 10.2. The number of hydrogen-bond donors (Lipinski definition) is 1. The van der Waals surface area contributed by atoms with Crippen molar-refractivity contribution in [3.8, 4) is 11.6 Å². The molecule has 41 heavy (non-hydrogen) atoms. The fourth-order valence-electron chi connectivity index (χ4n) is 4.58. The molecule has 0 radical (unpaired) electrons. The molecule has 9 nitrogen and oxygen atoms in total. The van der Waals surface area contributed by atoms with E-state index in [4.69, 9.17) is 16.3 Å². The highest BCUT2D eigenvalue weighted by atomic mass is 35.5. The molecule has 0 aliphatic rings. The summed E-state index contributed by atoms with van der Waals surface area (Å²) in [5.41, 5.74) is 0.964. The molecule has 0 unspecified atom stereocenters. The van der Waals surface area contributed by atoms with E-state index >= 15 is 0 Å². The molecule has 0 bridgehead atoms. The summed E-state index contributed by atoms with van der Waals surface area (Å²) in [6.45, 7) is 10.2. The molecule has 10 heteroatoms. The van der Waals surface area contributed by atoms with Crippen molar-refractivity contribution in [1.82, 2.24) is 19.2 Å². The second kappa shape index (κ2) is 13.0. The normalized spacial score (nSPS) is 12.0. The Bertz CT molecular complexity index is 1440. The third-order valence-electron chi connectivity index (χ3n) is 7.53. The average molecular weight is 584 g/mol. The van der Waals surface area contributed by atoms with Gasteiger partial charge < -0.3 is 15.0 Å². The number of amides is 1. The number of para-hydroxylation sites is 1. The van der Waals surface area contributed by atoms with Crippen molar-refractivity contribution in [3.63, 3.8) is 0 Å². The standard InChI is InChI=1S/C31H42ClN5O4/c1-9-41-28-23(17-21(32)20-33-28)25(38)15-16-30(2,3)19-26(39)34-27-24(18-31(4,5)35(6)7)36(8)37(29(27)40)22-13-11-10-12-14-22/h10-14,17,20H,9,15-16,18-19H2,1-8H3,(H,34,39). The Morgan fingerprint density at radius 3 is 2.39 bits per heavy atom. The van der Waals surface area contributed by atoms with Gasteiger partial charge in [-0.1, -0.05) is 43.6 Å². The van der Waals surface area contributed by atoms with Gasteiger partial charge in [-0.15, -0.1) is 0 Å².